The molecule has 1 heterocycles. The van der Waals surface area contributed by atoms with E-state index in [1.807, 2.05) is 6.92 Å². The van der Waals surface area contributed by atoms with Crippen LogP contribution in [0.3, 0.4) is 0 Å². The van der Waals surface area contributed by atoms with Crippen LogP contribution in [0.15, 0.2) is 0 Å². The first kappa shape index (κ1) is 16.4. The first-order chi connectivity index (χ1) is 9.17. The van der Waals surface area contributed by atoms with Crippen LogP contribution < -0.4 is 15.5 Å². The van der Waals surface area contributed by atoms with Gasteiger partial charge in [-0.2, -0.15) is 0 Å². The molecule has 19 heavy (non-hydrogen) atoms. The Morgan fingerprint density at radius 3 is 2.79 bits per heavy atom. The van der Waals surface area contributed by atoms with E-state index in [0.717, 1.165) is 45.6 Å². The van der Waals surface area contributed by atoms with Crippen LogP contribution in [0.25, 0.3) is 0 Å². The van der Waals surface area contributed by atoms with Gasteiger partial charge in [0.2, 0.25) is 0 Å². The molecule has 2 atom stereocenters. The average Bonchev–Trinajstić information content (AvgIpc) is 2.94. The van der Waals surface area contributed by atoms with Gasteiger partial charge in [-0.25, -0.2) is 0 Å². The fourth-order valence-electron chi connectivity index (χ4n) is 2.43. The van der Waals surface area contributed by atoms with Crippen molar-refractivity contribution in [3.05, 3.63) is 0 Å². The first-order valence-electron chi connectivity index (χ1n) is 7.73. The summed E-state index contributed by atoms with van der Waals surface area (Å²) >= 11 is 0. The van der Waals surface area contributed by atoms with Crippen LogP contribution in [0.1, 0.15) is 33.6 Å². The molecular weight excluding hydrogens is 242 g/mol. The minimum atomic E-state index is -0.00337. The SMILES string of the molecule is CC[NH+](CC)CC[NH2+][C@H](C)C(=O)NC[C@H]1CCCO1. The topological polar surface area (TPSA) is 59.4 Å². The molecule has 0 aliphatic carbocycles. The lowest BCUT2D eigenvalue weighted by atomic mass is 10.2. The van der Waals surface area contributed by atoms with Crippen molar-refractivity contribution in [2.45, 2.75) is 45.8 Å². The molecule has 0 saturated carbocycles. The quantitative estimate of drug-likeness (QED) is 0.462. The molecule has 1 fully saturated rings. The Balaban J connectivity index is 2.10. The summed E-state index contributed by atoms with van der Waals surface area (Å²) in [5, 5.41) is 5.12. The van der Waals surface area contributed by atoms with Gasteiger partial charge in [0.15, 0.2) is 6.04 Å². The molecule has 0 radical (unpaired) electrons. The summed E-state index contributed by atoms with van der Waals surface area (Å²) in [4.78, 5) is 13.5. The highest BCUT2D eigenvalue weighted by Crippen LogP contribution is 2.10. The summed E-state index contributed by atoms with van der Waals surface area (Å²) in [6.45, 7) is 12.3. The van der Waals surface area contributed by atoms with Crippen molar-refractivity contribution in [3.8, 4) is 0 Å². The van der Waals surface area contributed by atoms with Crippen LogP contribution in [0.5, 0.6) is 0 Å². The molecule has 1 saturated heterocycles. The average molecular weight is 273 g/mol. The van der Waals surface area contributed by atoms with Gasteiger partial charge in [-0.1, -0.05) is 0 Å². The Labute approximate surface area is 117 Å². The number of quaternary nitrogens is 2. The van der Waals surface area contributed by atoms with Crippen molar-refractivity contribution < 1.29 is 19.7 Å². The lowest BCUT2D eigenvalue weighted by Gasteiger charge is -2.17. The number of likely N-dealkylation sites (N-methyl/N-ethyl adjacent to an activating group) is 1. The van der Waals surface area contributed by atoms with Gasteiger partial charge in [-0.05, 0) is 33.6 Å². The molecule has 0 aromatic carbocycles. The van der Waals surface area contributed by atoms with Crippen LogP contribution in [0.2, 0.25) is 0 Å². The second-order valence-electron chi connectivity index (χ2n) is 5.40. The van der Waals surface area contributed by atoms with Crippen LogP contribution in [0.4, 0.5) is 0 Å². The maximum Gasteiger partial charge on any atom is 0.278 e. The molecule has 1 aliphatic rings. The van der Waals surface area contributed by atoms with Gasteiger partial charge in [0.25, 0.3) is 5.91 Å². The molecule has 0 aromatic rings. The number of carbonyl (C=O) groups is 1. The second-order valence-corrected chi connectivity index (χ2v) is 5.40. The van der Waals surface area contributed by atoms with E-state index in [1.54, 1.807) is 4.90 Å². The molecule has 1 amide bonds. The van der Waals surface area contributed by atoms with Gasteiger partial charge in [0, 0.05) is 13.2 Å². The molecule has 0 spiro atoms. The highest BCUT2D eigenvalue weighted by atomic mass is 16.5. The van der Waals surface area contributed by atoms with E-state index >= 15 is 0 Å². The molecule has 1 rings (SSSR count). The van der Waals surface area contributed by atoms with Gasteiger partial charge in [-0.3, -0.25) is 4.79 Å². The summed E-state index contributed by atoms with van der Waals surface area (Å²) in [5.74, 6) is 0.130. The van der Waals surface area contributed by atoms with Crippen molar-refractivity contribution >= 4 is 5.91 Å². The normalized spacial score (nSPS) is 20.7. The van der Waals surface area contributed by atoms with E-state index in [9.17, 15) is 4.79 Å². The van der Waals surface area contributed by atoms with Crippen molar-refractivity contribution in [1.29, 1.82) is 0 Å². The number of hydrogen-bond donors (Lipinski definition) is 3. The minimum Gasteiger partial charge on any atom is -0.376 e. The van der Waals surface area contributed by atoms with E-state index in [-0.39, 0.29) is 18.1 Å². The summed E-state index contributed by atoms with van der Waals surface area (Å²) in [7, 11) is 0. The zero-order valence-corrected chi connectivity index (χ0v) is 12.7. The molecule has 1 aliphatic heterocycles. The first-order valence-corrected chi connectivity index (χ1v) is 7.73. The van der Waals surface area contributed by atoms with Gasteiger partial charge < -0.3 is 20.3 Å². The fraction of sp³-hybridized carbons (Fsp3) is 0.929. The standard InChI is InChI=1S/C14H29N3O2/c1-4-17(5-2)9-8-15-12(3)14(18)16-11-13-7-6-10-19-13/h12-13,15H,4-11H2,1-3H3,(H,16,18)/p+2/t12-,13-/m1/s1. The molecule has 0 bridgehead atoms. The zero-order chi connectivity index (χ0) is 14.1. The smallest absolute Gasteiger partial charge is 0.278 e. The van der Waals surface area contributed by atoms with Crippen LogP contribution in [0, 0.1) is 0 Å². The Morgan fingerprint density at radius 2 is 2.21 bits per heavy atom. The van der Waals surface area contributed by atoms with E-state index in [1.165, 1.54) is 0 Å². The number of nitrogens with two attached hydrogens (primary N) is 1. The fourth-order valence-corrected chi connectivity index (χ4v) is 2.43. The van der Waals surface area contributed by atoms with Crippen LogP contribution in [-0.4, -0.2) is 57.4 Å². The maximum absolute atomic E-state index is 11.9. The van der Waals surface area contributed by atoms with E-state index in [2.05, 4.69) is 24.5 Å². The third-order valence-electron chi connectivity index (χ3n) is 3.96. The lowest BCUT2D eigenvalue weighted by molar-refractivity contribution is -0.910. The van der Waals surface area contributed by atoms with Gasteiger partial charge in [0.1, 0.15) is 13.1 Å². The Kier molecular flexibility index (Phi) is 8.02. The highest BCUT2D eigenvalue weighted by Gasteiger charge is 2.20. The van der Waals surface area contributed by atoms with Gasteiger partial charge in [0.05, 0.1) is 19.2 Å². The van der Waals surface area contributed by atoms with Gasteiger partial charge in [-0.15, -0.1) is 0 Å². The summed E-state index contributed by atoms with van der Waals surface area (Å²) in [6, 6.07) is -0.00337. The third kappa shape index (κ3) is 6.36. The number of hydrogen-bond acceptors (Lipinski definition) is 2. The van der Waals surface area contributed by atoms with Crippen LogP contribution >= 0.6 is 0 Å². The summed E-state index contributed by atoms with van der Waals surface area (Å²) in [5.41, 5.74) is 0. The minimum absolute atomic E-state index is 0.00337. The van der Waals surface area contributed by atoms with Crippen molar-refractivity contribution in [2.24, 2.45) is 0 Å². The van der Waals surface area contributed by atoms with Crippen molar-refractivity contribution in [3.63, 3.8) is 0 Å². The molecule has 4 N–H and O–H groups in total. The number of nitrogens with one attached hydrogen (secondary N) is 2. The highest BCUT2D eigenvalue weighted by molar-refractivity contribution is 5.79. The van der Waals surface area contributed by atoms with Crippen LogP contribution in [-0.2, 0) is 9.53 Å². The number of rotatable bonds is 9. The number of carbonyl (C=O) groups excluding carboxylic acids is 1. The van der Waals surface area contributed by atoms with Gasteiger partial charge >= 0.3 is 0 Å². The Bertz CT molecular complexity index is 251. The number of amides is 1. The Hall–Kier alpha value is -0.650. The third-order valence-corrected chi connectivity index (χ3v) is 3.96. The molecule has 5 nitrogen and oxygen atoms in total. The monoisotopic (exact) mass is 273 g/mol. The molecule has 5 heteroatoms. The Morgan fingerprint density at radius 1 is 1.47 bits per heavy atom. The summed E-state index contributed by atoms with van der Waals surface area (Å²) < 4.78 is 5.50. The molecule has 0 aromatic heterocycles. The summed E-state index contributed by atoms with van der Waals surface area (Å²) in [6.07, 6.45) is 2.43. The van der Waals surface area contributed by atoms with E-state index in [0.29, 0.717) is 6.54 Å². The molecule has 0 unspecified atom stereocenters. The predicted octanol–water partition coefficient (Wildman–Crippen LogP) is -1.84. The molecule has 112 valence electrons. The zero-order valence-electron chi connectivity index (χ0n) is 12.7. The largest absolute Gasteiger partial charge is 0.376 e. The van der Waals surface area contributed by atoms with Crippen molar-refractivity contribution in [2.75, 3.05) is 39.3 Å². The number of ether oxygens (including phenoxy) is 1. The van der Waals surface area contributed by atoms with E-state index in [4.69, 9.17) is 4.74 Å². The maximum atomic E-state index is 11.9. The van der Waals surface area contributed by atoms with Crippen molar-refractivity contribution in [1.82, 2.24) is 5.32 Å². The molecular formula is C14H31N3O2+2. The van der Waals surface area contributed by atoms with E-state index < -0.39 is 0 Å². The predicted molar refractivity (Wildman–Crippen MR) is 75.1 cm³/mol. The second kappa shape index (κ2) is 9.28. The lowest BCUT2D eigenvalue weighted by Crippen LogP contribution is -3.14.